The molecule has 2 aliphatic rings. The fraction of sp³-hybridized carbons (Fsp3) is 0.400. The largest absolute Gasteiger partial charge is 2.00 e. The molecular formula is C30H34F2N4O7W2. The van der Waals surface area contributed by atoms with Crippen molar-refractivity contribution in [1.29, 1.82) is 0 Å². The van der Waals surface area contributed by atoms with E-state index in [0.717, 1.165) is 6.07 Å². The number of halogens is 2. The second-order valence-corrected chi connectivity index (χ2v) is 8.47. The van der Waals surface area contributed by atoms with Crippen molar-refractivity contribution in [3.63, 3.8) is 0 Å². The minimum Gasteiger partial charge on any atom is -0.684 e. The predicted octanol–water partition coefficient (Wildman–Crippen LogP) is 4.25. The van der Waals surface area contributed by atoms with Crippen molar-refractivity contribution in [2.45, 2.75) is 72.4 Å². The molecule has 2 fully saturated rings. The van der Waals surface area contributed by atoms with Crippen molar-refractivity contribution in [3.8, 4) is 5.75 Å². The normalized spacial score (nSPS) is 16.4. The first-order valence-corrected chi connectivity index (χ1v) is 13.6. The van der Waals surface area contributed by atoms with Crippen LogP contribution in [0.2, 0.25) is 0 Å². The summed E-state index contributed by atoms with van der Waals surface area (Å²) in [4.78, 5) is 68.7. The van der Waals surface area contributed by atoms with Gasteiger partial charge in [0.15, 0.2) is 0 Å². The van der Waals surface area contributed by atoms with Crippen molar-refractivity contribution in [2.75, 3.05) is 7.11 Å². The zero-order valence-corrected chi connectivity index (χ0v) is 31.5. The maximum atomic E-state index is 13.1. The maximum Gasteiger partial charge on any atom is 2.00 e. The molecule has 2 aromatic rings. The smallest absolute Gasteiger partial charge is 0.684 e. The molecule has 2 aliphatic heterocycles. The summed E-state index contributed by atoms with van der Waals surface area (Å²) in [5.74, 6) is -4.79. The second kappa shape index (κ2) is 22.2. The van der Waals surface area contributed by atoms with Gasteiger partial charge in [0.2, 0.25) is 23.6 Å². The van der Waals surface area contributed by atoms with E-state index in [1.54, 1.807) is 6.92 Å². The van der Waals surface area contributed by atoms with Gasteiger partial charge in [-0.05, 0) is 36.7 Å². The van der Waals surface area contributed by atoms with E-state index >= 15 is 0 Å². The number of rotatable bonds is 5. The van der Waals surface area contributed by atoms with E-state index in [9.17, 15) is 37.5 Å². The summed E-state index contributed by atoms with van der Waals surface area (Å²) in [5, 5.41) is 11.6. The molecule has 2 N–H and O–H groups in total. The first-order chi connectivity index (χ1) is 20.5. The monoisotopic (exact) mass is 968 g/mol. The van der Waals surface area contributed by atoms with Gasteiger partial charge in [-0.25, -0.2) is 8.78 Å². The van der Waals surface area contributed by atoms with E-state index in [-0.39, 0.29) is 90.6 Å². The Morgan fingerprint density at radius 3 is 1.73 bits per heavy atom. The summed E-state index contributed by atoms with van der Waals surface area (Å²) in [6, 6.07) is 7.66. The molecule has 0 radical (unpaired) electrons. The topological polar surface area (TPSA) is 164 Å². The van der Waals surface area contributed by atoms with E-state index in [4.69, 9.17) is 4.74 Å². The van der Waals surface area contributed by atoms with Crippen LogP contribution in [-0.4, -0.2) is 54.6 Å². The molecule has 0 bridgehead atoms. The van der Waals surface area contributed by atoms with Crippen LogP contribution in [0.4, 0.5) is 8.78 Å². The molecule has 4 rings (SSSR count). The molecular weight excluding hydrogens is 934 g/mol. The van der Waals surface area contributed by atoms with Crippen molar-refractivity contribution in [1.82, 2.24) is 10.6 Å². The summed E-state index contributed by atoms with van der Waals surface area (Å²) in [5.41, 5.74) is 0.359. The first-order valence-electron chi connectivity index (χ1n) is 13.6. The number of hydrogen-bond acceptors (Lipinski definition) is 7. The van der Waals surface area contributed by atoms with Crippen LogP contribution >= 0.6 is 0 Å². The number of methoxy groups -OCH3 is 1. The Morgan fingerprint density at radius 2 is 1.29 bits per heavy atom. The van der Waals surface area contributed by atoms with Crippen LogP contribution in [0.1, 0.15) is 79.7 Å². The summed E-state index contributed by atoms with van der Waals surface area (Å²) in [6.07, 6.45) is 0.578. The number of aryl methyl sites for hydroxylation is 1. The molecule has 1 unspecified atom stereocenters. The van der Waals surface area contributed by atoms with Crippen LogP contribution in [0.25, 0.3) is 10.6 Å². The maximum absolute atomic E-state index is 13.1. The molecule has 45 heavy (non-hydrogen) atoms. The molecule has 2 saturated heterocycles. The number of amides is 6. The van der Waals surface area contributed by atoms with E-state index in [0.29, 0.717) is 5.56 Å². The van der Waals surface area contributed by atoms with Gasteiger partial charge >= 0.3 is 42.1 Å². The van der Waals surface area contributed by atoms with Crippen molar-refractivity contribution in [2.24, 2.45) is 0 Å². The van der Waals surface area contributed by atoms with Crippen LogP contribution in [0.3, 0.4) is 0 Å². The van der Waals surface area contributed by atoms with E-state index in [1.807, 2.05) is 27.7 Å². The zero-order valence-electron chi connectivity index (χ0n) is 25.6. The van der Waals surface area contributed by atoms with Gasteiger partial charge in [-0.2, -0.15) is 0 Å². The SMILES string of the molecule is CC.CC.COc1ccc(F)[c-]c1C(=O)[N-][C@@H]1CCC(=O)NC1=O.Cc1cc(F)[c-]c(C(=O)[N-]C2CCC(=O)NC2=O)c1.[W+2].[W+2]. The summed E-state index contributed by atoms with van der Waals surface area (Å²) < 4.78 is 31.2. The van der Waals surface area contributed by atoms with E-state index in [2.05, 4.69) is 33.4 Å². The van der Waals surface area contributed by atoms with Gasteiger partial charge in [0.05, 0.1) is 7.11 Å². The minimum absolute atomic E-state index is 0. The number of piperidine rings is 2. The third-order valence-electron chi connectivity index (χ3n) is 5.48. The number of carbonyl (C=O) groups excluding carboxylic acids is 6. The molecule has 0 saturated carbocycles. The number of hydrogen-bond donors (Lipinski definition) is 2. The average molecular weight is 968 g/mol. The second-order valence-electron chi connectivity index (χ2n) is 8.47. The Kier molecular flexibility index (Phi) is 21.7. The number of imide groups is 2. The Hall–Kier alpha value is -3.30. The van der Waals surface area contributed by atoms with E-state index < -0.39 is 53.3 Å². The predicted molar refractivity (Wildman–Crippen MR) is 152 cm³/mol. The molecule has 242 valence electrons. The number of benzene rings is 2. The first kappa shape index (κ1) is 43.8. The minimum atomic E-state index is -0.957. The summed E-state index contributed by atoms with van der Waals surface area (Å²) in [7, 11) is 1.32. The van der Waals surface area contributed by atoms with Gasteiger partial charge in [-0.3, -0.25) is 29.8 Å². The van der Waals surface area contributed by atoms with Gasteiger partial charge < -0.3 is 25.0 Å². The number of nitrogens with one attached hydrogen (secondary N) is 2. The van der Waals surface area contributed by atoms with Crippen LogP contribution in [-0.2, 0) is 61.3 Å². The Bertz CT molecular complexity index is 1330. The van der Waals surface area contributed by atoms with Gasteiger partial charge in [0, 0.05) is 30.2 Å². The Morgan fingerprint density at radius 1 is 0.800 bits per heavy atom. The summed E-state index contributed by atoms with van der Waals surface area (Å²) in [6.45, 7) is 9.64. The molecule has 2 heterocycles. The van der Waals surface area contributed by atoms with Gasteiger partial charge in [0.25, 0.3) is 0 Å². The van der Waals surface area contributed by atoms with Crippen molar-refractivity contribution in [3.05, 3.63) is 75.4 Å². The van der Waals surface area contributed by atoms with Crippen LogP contribution in [0.5, 0.6) is 5.75 Å². The fourth-order valence-corrected chi connectivity index (χ4v) is 3.60. The molecule has 11 nitrogen and oxygen atoms in total. The molecule has 0 aliphatic carbocycles. The molecule has 15 heteroatoms. The van der Waals surface area contributed by atoms with Crippen molar-refractivity contribution < 1.29 is 84.4 Å². The van der Waals surface area contributed by atoms with Crippen LogP contribution < -0.4 is 15.4 Å². The van der Waals surface area contributed by atoms with Gasteiger partial charge in [-0.15, -0.1) is 47.5 Å². The number of nitrogens with zero attached hydrogens (tertiary/aromatic N) is 2. The quantitative estimate of drug-likeness (QED) is 0.335. The van der Waals surface area contributed by atoms with Crippen molar-refractivity contribution >= 4 is 35.4 Å². The molecule has 2 atom stereocenters. The Balaban J connectivity index is 0. The zero-order chi connectivity index (χ0) is 32.7. The van der Waals surface area contributed by atoms with Crippen LogP contribution in [0.15, 0.2) is 24.3 Å². The molecule has 0 aromatic heterocycles. The third kappa shape index (κ3) is 14.1. The van der Waals surface area contributed by atoms with Gasteiger partial charge in [0.1, 0.15) is 0 Å². The standard InChI is InChI=1S/C13H12FN2O4.C13H12FN2O3.2C2H6.2W/c1-20-10-4-2-7(14)6-8(10)12(18)15-9-3-5-11(17)16-13(9)19;1-7-4-8(6-9(14)5-7)12(18)15-10-2-3-11(17)16-13(10)19;2*1-2;;/h2,4,9H,3,5H2,1H3,(H2,15,16,17,18,19);4-5,10H,2-3H2,1H3,(H2,15,16,17,18,19);2*1-2H3;;/q2*-1;;;2*+2/p-2/t9-;;;;;/m1...../s1. The number of carbonyl (C=O) groups is 6. The third-order valence-corrected chi connectivity index (χ3v) is 5.48. The molecule has 2 aromatic carbocycles. The van der Waals surface area contributed by atoms with E-state index in [1.165, 1.54) is 25.3 Å². The number of ether oxygens (including phenoxy) is 1. The average Bonchev–Trinajstić information content (AvgIpc) is 2.98. The van der Waals surface area contributed by atoms with Gasteiger partial charge in [-0.1, -0.05) is 40.2 Å². The van der Waals surface area contributed by atoms with Crippen LogP contribution in [0, 0.1) is 30.7 Å². The Labute approximate surface area is 289 Å². The molecule has 6 amide bonds. The molecule has 0 spiro atoms. The fourth-order valence-electron chi connectivity index (χ4n) is 3.60. The summed E-state index contributed by atoms with van der Waals surface area (Å²) >= 11 is 0.